The Bertz CT molecular complexity index is 850. The summed E-state index contributed by atoms with van der Waals surface area (Å²) in [6.45, 7) is 5.89. The van der Waals surface area contributed by atoms with Gasteiger partial charge >= 0.3 is 12.1 Å². The van der Waals surface area contributed by atoms with E-state index in [-0.39, 0.29) is 12.4 Å². The average Bonchev–Trinajstić information content (AvgIpc) is 2.64. The van der Waals surface area contributed by atoms with Gasteiger partial charge in [-0.05, 0) is 49.1 Å². The van der Waals surface area contributed by atoms with Gasteiger partial charge < -0.3 is 14.8 Å². The summed E-state index contributed by atoms with van der Waals surface area (Å²) in [6.07, 6.45) is 3.80. The second kappa shape index (κ2) is 9.74. The van der Waals surface area contributed by atoms with Crippen molar-refractivity contribution in [3.8, 4) is 0 Å². The Balaban J connectivity index is 1.99. The Morgan fingerprint density at radius 2 is 1.54 bits per heavy atom. The number of alkyl carbamates (subject to hydrolysis) is 1. The predicted octanol–water partition coefficient (Wildman–Crippen LogP) is 4.60. The van der Waals surface area contributed by atoms with Crippen molar-refractivity contribution in [3.63, 3.8) is 0 Å². The molecule has 0 atom stereocenters. The second-order valence-electron chi connectivity index (χ2n) is 7.43. The number of hydrogen-bond donors (Lipinski definition) is 1. The average molecular weight is 381 g/mol. The topological polar surface area (TPSA) is 64.6 Å². The molecule has 0 spiro atoms. The lowest BCUT2D eigenvalue weighted by Gasteiger charge is -2.19. The van der Waals surface area contributed by atoms with Crippen LogP contribution < -0.4 is 5.32 Å². The molecule has 1 N–H and O–H groups in total. The highest BCUT2D eigenvalue weighted by atomic mass is 16.6. The highest BCUT2D eigenvalue weighted by molar-refractivity contribution is 5.74. The molecule has 0 aliphatic carbocycles. The second-order valence-corrected chi connectivity index (χ2v) is 7.43. The Kier molecular flexibility index (Phi) is 7.38. The number of carbonyl (C=O) groups excluding carboxylic acids is 2. The Hall–Kier alpha value is -3.08. The van der Waals surface area contributed by atoms with Crippen molar-refractivity contribution >= 4 is 24.2 Å². The Morgan fingerprint density at radius 1 is 0.964 bits per heavy atom. The van der Waals surface area contributed by atoms with Gasteiger partial charge in [-0.15, -0.1) is 0 Å². The molecule has 0 aliphatic rings. The highest BCUT2D eigenvalue weighted by Crippen LogP contribution is 2.13. The van der Waals surface area contributed by atoms with Crippen LogP contribution in [-0.2, 0) is 27.2 Å². The lowest BCUT2D eigenvalue weighted by molar-refractivity contribution is -0.139. The van der Waals surface area contributed by atoms with E-state index >= 15 is 0 Å². The maximum atomic E-state index is 11.8. The van der Waals surface area contributed by atoms with E-state index in [2.05, 4.69) is 5.32 Å². The highest BCUT2D eigenvalue weighted by Gasteiger charge is 2.15. The van der Waals surface area contributed by atoms with Gasteiger partial charge in [0.2, 0.25) is 0 Å². The largest absolute Gasteiger partial charge is 0.469 e. The zero-order chi connectivity index (χ0) is 20.6. The van der Waals surface area contributed by atoms with Gasteiger partial charge in [0.25, 0.3) is 0 Å². The summed E-state index contributed by atoms with van der Waals surface area (Å²) in [5.41, 5.74) is 3.38. The molecule has 0 aromatic heterocycles. The first-order chi connectivity index (χ1) is 13.2. The van der Waals surface area contributed by atoms with Crippen LogP contribution in [-0.4, -0.2) is 24.8 Å². The van der Waals surface area contributed by atoms with E-state index in [4.69, 9.17) is 9.47 Å². The zero-order valence-electron chi connectivity index (χ0n) is 16.8. The summed E-state index contributed by atoms with van der Waals surface area (Å²) >= 11 is 0. The van der Waals surface area contributed by atoms with Crippen molar-refractivity contribution in [3.05, 3.63) is 70.8 Å². The number of carbonyl (C=O) groups is 2. The fourth-order valence-electron chi connectivity index (χ4n) is 2.53. The summed E-state index contributed by atoms with van der Waals surface area (Å²) in [5, 5.41) is 2.76. The smallest absolute Gasteiger partial charge is 0.407 e. The molecule has 0 heterocycles. The summed E-state index contributed by atoms with van der Waals surface area (Å²) < 4.78 is 9.95. The van der Waals surface area contributed by atoms with Crippen LogP contribution in [0.15, 0.2) is 48.5 Å². The van der Waals surface area contributed by atoms with E-state index in [9.17, 15) is 9.59 Å². The summed E-state index contributed by atoms with van der Waals surface area (Å²) in [4.78, 5) is 23.2. The van der Waals surface area contributed by atoms with Gasteiger partial charge in [0.05, 0.1) is 13.5 Å². The number of esters is 1. The van der Waals surface area contributed by atoms with E-state index in [0.29, 0.717) is 6.54 Å². The number of ether oxygens (including phenoxy) is 2. The summed E-state index contributed by atoms with van der Waals surface area (Å²) in [7, 11) is 1.39. The fraction of sp³-hybridized carbons (Fsp3) is 0.304. The van der Waals surface area contributed by atoms with Crippen molar-refractivity contribution in [1.82, 2.24) is 5.32 Å². The lowest BCUT2D eigenvalue weighted by atomic mass is 10.1. The first kappa shape index (κ1) is 21.2. The molecule has 1 amide bonds. The number of methoxy groups -OCH3 is 1. The van der Waals surface area contributed by atoms with Gasteiger partial charge in [-0.2, -0.15) is 0 Å². The molecular formula is C23H27NO4. The van der Waals surface area contributed by atoms with Crippen molar-refractivity contribution in [2.45, 2.75) is 39.3 Å². The molecule has 0 saturated heterocycles. The first-order valence-electron chi connectivity index (χ1n) is 9.15. The number of nitrogens with one attached hydrogen (secondary N) is 1. The summed E-state index contributed by atoms with van der Waals surface area (Å²) in [6, 6.07) is 15.6. The minimum Gasteiger partial charge on any atom is -0.469 e. The van der Waals surface area contributed by atoms with Crippen LogP contribution in [0.4, 0.5) is 4.79 Å². The number of amides is 1. The van der Waals surface area contributed by atoms with Crippen molar-refractivity contribution in [2.75, 3.05) is 7.11 Å². The standard InChI is InChI=1S/C23H27NO4/c1-23(2,3)28-22(26)24-16-20-10-6-8-18(14-20)12-11-17-7-5-9-19(13-17)15-21(25)27-4/h5-14H,15-16H2,1-4H3,(H,24,26)/b12-11+. The molecule has 2 rings (SSSR count). The third-order valence-corrected chi connectivity index (χ3v) is 3.78. The van der Waals surface area contributed by atoms with Crippen molar-refractivity contribution in [1.29, 1.82) is 0 Å². The van der Waals surface area contributed by atoms with Crippen LogP contribution in [0.25, 0.3) is 12.2 Å². The van der Waals surface area contributed by atoms with Crippen LogP contribution >= 0.6 is 0 Å². The molecule has 0 fully saturated rings. The maximum Gasteiger partial charge on any atom is 0.407 e. The molecule has 5 heteroatoms. The minimum absolute atomic E-state index is 0.254. The van der Waals surface area contributed by atoms with Gasteiger partial charge in [-0.3, -0.25) is 4.79 Å². The first-order valence-corrected chi connectivity index (χ1v) is 9.15. The van der Waals surface area contributed by atoms with Crippen molar-refractivity contribution in [2.24, 2.45) is 0 Å². The van der Waals surface area contributed by atoms with E-state index in [0.717, 1.165) is 22.3 Å². The monoisotopic (exact) mass is 381 g/mol. The van der Waals surface area contributed by atoms with Crippen LogP contribution in [0.1, 0.15) is 43.0 Å². The molecule has 5 nitrogen and oxygen atoms in total. The van der Waals surface area contributed by atoms with Gasteiger partial charge in [0, 0.05) is 6.54 Å². The fourth-order valence-corrected chi connectivity index (χ4v) is 2.53. The van der Waals surface area contributed by atoms with Gasteiger partial charge in [0.15, 0.2) is 0 Å². The predicted molar refractivity (Wildman–Crippen MR) is 111 cm³/mol. The van der Waals surface area contributed by atoms with E-state index < -0.39 is 11.7 Å². The minimum atomic E-state index is -0.517. The van der Waals surface area contributed by atoms with Gasteiger partial charge in [0.1, 0.15) is 5.60 Å². The van der Waals surface area contributed by atoms with E-state index in [1.807, 2.05) is 81.5 Å². The molecule has 0 aliphatic heterocycles. The number of benzene rings is 2. The number of hydrogen-bond acceptors (Lipinski definition) is 4. The van der Waals surface area contributed by atoms with Crippen molar-refractivity contribution < 1.29 is 19.1 Å². The van der Waals surface area contributed by atoms with Gasteiger partial charge in [-0.25, -0.2) is 4.79 Å². The number of rotatable bonds is 6. The summed E-state index contributed by atoms with van der Waals surface area (Å²) in [5.74, 6) is -0.258. The zero-order valence-corrected chi connectivity index (χ0v) is 16.8. The van der Waals surface area contributed by atoms with Gasteiger partial charge in [-0.1, -0.05) is 54.6 Å². The van der Waals surface area contributed by atoms with Crippen LogP contribution in [0.5, 0.6) is 0 Å². The molecule has 0 unspecified atom stereocenters. The Morgan fingerprint density at radius 3 is 2.11 bits per heavy atom. The quantitative estimate of drug-likeness (QED) is 0.587. The molecule has 0 bridgehead atoms. The normalized spacial score (nSPS) is 11.3. The molecule has 2 aromatic carbocycles. The molecule has 28 heavy (non-hydrogen) atoms. The molecule has 0 radical (unpaired) electrons. The molecule has 2 aromatic rings. The van der Waals surface area contributed by atoms with Crippen LogP contribution in [0.3, 0.4) is 0 Å². The third-order valence-electron chi connectivity index (χ3n) is 3.78. The van der Waals surface area contributed by atoms with Crippen LogP contribution in [0, 0.1) is 0 Å². The van der Waals surface area contributed by atoms with E-state index in [1.54, 1.807) is 0 Å². The lowest BCUT2D eigenvalue weighted by Crippen LogP contribution is -2.32. The van der Waals surface area contributed by atoms with Crippen LogP contribution in [0.2, 0.25) is 0 Å². The Labute approximate surface area is 166 Å². The third kappa shape index (κ3) is 7.66. The SMILES string of the molecule is COC(=O)Cc1cccc(/C=C/c2cccc(CNC(=O)OC(C)(C)C)c2)c1. The maximum absolute atomic E-state index is 11.8. The van der Waals surface area contributed by atoms with E-state index in [1.165, 1.54) is 7.11 Å². The molecule has 0 saturated carbocycles. The molecule has 148 valence electrons. The molecular weight excluding hydrogens is 354 g/mol.